The Morgan fingerprint density at radius 1 is 1.30 bits per heavy atom. The van der Waals surface area contributed by atoms with Crippen molar-refractivity contribution >= 4 is 6.09 Å². The minimum absolute atomic E-state index is 0.0533. The highest BCUT2D eigenvalue weighted by molar-refractivity contribution is 5.68. The molecule has 1 amide bonds. The van der Waals surface area contributed by atoms with E-state index in [4.69, 9.17) is 9.47 Å². The minimum atomic E-state index is -0.425. The molecule has 20 heavy (non-hydrogen) atoms. The number of nitrogens with zero attached hydrogens (tertiary/aromatic N) is 2. The van der Waals surface area contributed by atoms with E-state index in [1.54, 1.807) is 0 Å². The molecule has 0 atom stereocenters. The first-order valence-corrected chi connectivity index (χ1v) is 7.69. The number of hydrogen-bond acceptors (Lipinski definition) is 4. The normalized spacial score (nSPS) is 26.4. The molecule has 0 bridgehead atoms. The van der Waals surface area contributed by atoms with Crippen LogP contribution in [0.2, 0.25) is 0 Å². The molecule has 3 aliphatic rings. The van der Waals surface area contributed by atoms with Crippen molar-refractivity contribution in [3.63, 3.8) is 0 Å². The maximum absolute atomic E-state index is 12.2. The van der Waals surface area contributed by atoms with Crippen molar-refractivity contribution in [2.45, 2.75) is 44.8 Å². The molecule has 0 N–H and O–H groups in total. The Morgan fingerprint density at radius 3 is 2.50 bits per heavy atom. The highest BCUT2D eigenvalue weighted by atomic mass is 16.6. The second-order valence-corrected chi connectivity index (χ2v) is 7.51. The Hall–Kier alpha value is -0.810. The lowest BCUT2D eigenvalue weighted by atomic mass is 9.91. The monoisotopic (exact) mass is 282 g/mol. The van der Waals surface area contributed by atoms with Crippen molar-refractivity contribution < 1.29 is 14.3 Å². The molecule has 0 aromatic rings. The molecule has 5 heteroatoms. The second-order valence-electron chi connectivity index (χ2n) is 7.51. The van der Waals surface area contributed by atoms with Gasteiger partial charge in [-0.25, -0.2) is 4.79 Å². The van der Waals surface area contributed by atoms with E-state index < -0.39 is 5.60 Å². The van der Waals surface area contributed by atoms with E-state index in [9.17, 15) is 4.79 Å². The van der Waals surface area contributed by atoms with E-state index in [1.165, 1.54) is 19.4 Å². The van der Waals surface area contributed by atoms with E-state index in [-0.39, 0.29) is 11.6 Å². The van der Waals surface area contributed by atoms with Crippen molar-refractivity contribution in [3.8, 4) is 0 Å². The van der Waals surface area contributed by atoms with Gasteiger partial charge in [-0.1, -0.05) is 0 Å². The Bertz CT molecular complexity index is 383. The molecule has 2 aliphatic heterocycles. The van der Waals surface area contributed by atoms with Crippen molar-refractivity contribution in [1.29, 1.82) is 0 Å². The SMILES string of the molecule is CC(C)(C)OC(=O)N1CCN(CC2CC2)C2(COC2)C1. The van der Waals surface area contributed by atoms with Crippen LogP contribution in [-0.4, -0.2) is 66.4 Å². The molecule has 0 radical (unpaired) electrons. The predicted octanol–water partition coefficient (Wildman–Crippen LogP) is 1.72. The molecule has 1 aliphatic carbocycles. The summed E-state index contributed by atoms with van der Waals surface area (Å²) in [6.07, 6.45) is 2.54. The molecular weight excluding hydrogens is 256 g/mol. The van der Waals surface area contributed by atoms with Crippen LogP contribution in [-0.2, 0) is 9.47 Å². The molecule has 2 saturated heterocycles. The maximum Gasteiger partial charge on any atom is 0.410 e. The van der Waals surface area contributed by atoms with Gasteiger partial charge in [0.1, 0.15) is 5.60 Å². The van der Waals surface area contributed by atoms with Crippen LogP contribution in [0.1, 0.15) is 33.6 Å². The molecule has 5 nitrogen and oxygen atoms in total. The first-order chi connectivity index (χ1) is 9.38. The van der Waals surface area contributed by atoms with Crippen molar-refractivity contribution in [3.05, 3.63) is 0 Å². The third-order valence-corrected chi connectivity index (χ3v) is 4.36. The fourth-order valence-corrected chi connectivity index (χ4v) is 3.00. The maximum atomic E-state index is 12.2. The lowest BCUT2D eigenvalue weighted by molar-refractivity contribution is -0.168. The number of ether oxygens (including phenoxy) is 2. The lowest BCUT2D eigenvalue weighted by Gasteiger charge is -2.55. The molecule has 1 spiro atoms. The Balaban J connectivity index is 1.61. The molecule has 2 heterocycles. The molecule has 0 unspecified atom stereocenters. The largest absolute Gasteiger partial charge is 0.444 e. The summed E-state index contributed by atoms with van der Waals surface area (Å²) in [7, 11) is 0. The van der Waals surface area contributed by atoms with Crippen LogP contribution in [0, 0.1) is 5.92 Å². The average Bonchev–Trinajstić information content (AvgIpc) is 3.09. The first-order valence-electron chi connectivity index (χ1n) is 7.69. The van der Waals surface area contributed by atoms with Crippen LogP contribution in [0.4, 0.5) is 4.79 Å². The van der Waals surface area contributed by atoms with Crippen LogP contribution < -0.4 is 0 Å². The van der Waals surface area contributed by atoms with Crippen molar-refractivity contribution in [2.75, 3.05) is 39.4 Å². The zero-order valence-electron chi connectivity index (χ0n) is 12.9. The van der Waals surface area contributed by atoms with E-state index in [0.717, 1.165) is 38.8 Å². The second kappa shape index (κ2) is 4.88. The molecule has 1 saturated carbocycles. The standard InChI is InChI=1S/C15H26N2O3/c1-14(2,3)20-13(18)16-6-7-17(8-12-4-5-12)15(9-16)10-19-11-15/h12H,4-11H2,1-3H3. The van der Waals surface area contributed by atoms with E-state index >= 15 is 0 Å². The number of piperazine rings is 1. The van der Waals surface area contributed by atoms with Gasteiger partial charge in [0.25, 0.3) is 0 Å². The predicted molar refractivity (Wildman–Crippen MR) is 75.7 cm³/mol. The Labute approximate surface area is 121 Å². The molecule has 114 valence electrons. The van der Waals surface area contributed by atoms with Crippen LogP contribution in [0.3, 0.4) is 0 Å². The summed E-state index contributed by atoms with van der Waals surface area (Å²) in [6, 6.07) is 0. The highest BCUT2D eigenvalue weighted by Crippen LogP contribution is 2.36. The van der Waals surface area contributed by atoms with Gasteiger partial charge < -0.3 is 14.4 Å². The van der Waals surface area contributed by atoms with Crippen LogP contribution >= 0.6 is 0 Å². The van der Waals surface area contributed by atoms with Crippen molar-refractivity contribution in [2.24, 2.45) is 5.92 Å². The smallest absolute Gasteiger partial charge is 0.410 e. The Morgan fingerprint density at radius 2 is 2.00 bits per heavy atom. The van der Waals surface area contributed by atoms with E-state index in [2.05, 4.69) is 4.90 Å². The third-order valence-electron chi connectivity index (χ3n) is 4.36. The number of carbonyl (C=O) groups excluding carboxylic acids is 1. The minimum Gasteiger partial charge on any atom is -0.444 e. The summed E-state index contributed by atoms with van der Waals surface area (Å²) >= 11 is 0. The van der Waals surface area contributed by atoms with Crippen LogP contribution in [0.5, 0.6) is 0 Å². The van der Waals surface area contributed by atoms with Gasteiger partial charge in [-0.2, -0.15) is 0 Å². The third kappa shape index (κ3) is 2.93. The van der Waals surface area contributed by atoms with Gasteiger partial charge in [0.05, 0.1) is 18.8 Å². The molecule has 3 rings (SSSR count). The van der Waals surface area contributed by atoms with E-state index in [0.29, 0.717) is 0 Å². The lowest BCUT2D eigenvalue weighted by Crippen LogP contribution is -2.72. The summed E-state index contributed by atoms with van der Waals surface area (Å²) in [6.45, 7) is 10.9. The fourth-order valence-electron chi connectivity index (χ4n) is 3.00. The highest BCUT2D eigenvalue weighted by Gasteiger charge is 2.50. The van der Waals surface area contributed by atoms with Crippen molar-refractivity contribution in [1.82, 2.24) is 9.80 Å². The Kier molecular flexibility index (Phi) is 3.45. The van der Waals surface area contributed by atoms with Gasteiger partial charge in [0, 0.05) is 26.2 Å². The summed E-state index contributed by atoms with van der Waals surface area (Å²) in [5.41, 5.74) is -0.372. The molecule has 3 fully saturated rings. The van der Waals surface area contributed by atoms with Gasteiger partial charge in [0.15, 0.2) is 0 Å². The topological polar surface area (TPSA) is 42.0 Å². The van der Waals surface area contributed by atoms with Gasteiger partial charge in [-0.3, -0.25) is 4.90 Å². The summed E-state index contributed by atoms with van der Waals surface area (Å²) in [5.74, 6) is 0.876. The zero-order valence-corrected chi connectivity index (χ0v) is 12.9. The van der Waals surface area contributed by atoms with Gasteiger partial charge in [-0.05, 0) is 39.5 Å². The molecule has 0 aromatic carbocycles. The number of carbonyl (C=O) groups is 1. The van der Waals surface area contributed by atoms with Gasteiger partial charge in [0.2, 0.25) is 0 Å². The number of hydrogen-bond donors (Lipinski definition) is 0. The summed E-state index contributed by atoms with van der Waals surface area (Å²) < 4.78 is 11.0. The van der Waals surface area contributed by atoms with E-state index in [1.807, 2.05) is 25.7 Å². The molecular formula is C15H26N2O3. The summed E-state index contributed by atoms with van der Waals surface area (Å²) in [5, 5.41) is 0. The fraction of sp³-hybridized carbons (Fsp3) is 0.933. The van der Waals surface area contributed by atoms with Gasteiger partial charge in [-0.15, -0.1) is 0 Å². The average molecular weight is 282 g/mol. The van der Waals surface area contributed by atoms with Crippen LogP contribution in [0.25, 0.3) is 0 Å². The first kappa shape index (κ1) is 14.1. The summed E-state index contributed by atoms with van der Waals surface area (Å²) in [4.78, 5) is 16.6. The van der Waals surface area contributed by atoms with Crippen LogP contribution in [0.15, 0.2) is 0 Å². The molecule has 0 aromatic heterocycles. The quantitative estimate of drug-likeness (QED) is 0.773. The van der Waals surface area contributed by atoms with Gasteiger partial charge >= 0.3 is 6.09 Å². The number of rotatable bonds is 2. The number of amides is 1. The zero-order chi connectivity index (χ0) is 14.4.